The number of nitrogens with one attached hydrogen (secondary N) is 1. The van der Waals surface area contributed by atoms with Crippen LogP contribution in [0.1, 0.15) is 56.1 Å². The summed E-state index contributed by atoms with van der Waals surface area (Å²) in [5, 5.41) is 3.65. The topological polar surface area (TPSA) is 32.3 Å². The summed E-state index contributed by atoms with van der Waals surface area (Å²) in [4.78, 5) is 14.8. The van der Waals surface area contributed by atoms with Crippen LogP contribution in [-0.4, -0.2) is 36.0 Å². The van der Waals surface area contributed by atoms with Crippen LogP contribution in [0.3, 0.4) is 0 Å². The van der Waals surface area contributed by atoms with Crippen LogP contribution in [0.4, 0.5) is 0 Å². The maximum Gasteiger partial charge on any atom is 0.223 e. The second kappa shape index (κ2) is 8.16. The molecule has 0 aromatic heterocycles. The smallest absolute Gasteiger partial charge is 0.223 e. The van der Waals surface area contributed by atoms with Crippen molar-refractivity contribution in [3.05, 3.63) is 35.4 Å². The molecule has 0 spiro atoms. The molecule has 0 aliphatic carbocycles. The van der Waals surface area contributed by atoms with E-state index >= 15 is 0 Å². The first kappa shape index (κ1) is 18.3. The number of aryl methyl sites for hydroxylation is 1. The van der Waals surface area contributed by atoms with Crippen molar-refractivity contribution in [2.45, 2.75) is 64.0 Å². The van der Waals surface area contributed by atoms with Crippen LogP contribution < -0.4 is 5.32 Å². The number of nitrogens with zero attached hydrogens (tertiary/aromatic N) is 1. The van der Waals surface area contributed by atoms with Crippen molar-refractivity contribution in [2.24, 2.45) is 0 Å². The Morgan fingerprint density at radius 3 is 2.61 bits per heavy atom. The molecule has 2 heterocycles. The first-order valence-electron chi connectivity index (χ1n) is 8.76. The molecule has 3 rings (SSSR count). The van der Waals surface area contributed by atoms with Crippen LogP contribution in [-0.2, 0) is 4.79 Å². The summed E-state index contributed by atoms with van der Waals surface area (Å²) in [5.74, 6) is 0.684. The number of hydrogen-bond acceptors (Lipinski definition) is 2. The van der Waals surface area contributed by atoms with Crippen LogP contribution in [0.5, 0.6) is 0 Å². The van der Waals surface area contributed by atoms with Gasteiger partial charge < -0.3 is 10.2 Å². The van der Waals surface area contributed by atoms with Crippen molar-refractivity contribution in [1.82, 2.24) is 10.2 Å². The second-order valence-corrected chi connectivity index (χ2v) is 6.99. The Kier molecular flexibility index (Phi) is 6.49. The fourth-order valence-electron chi connectivity index (χ4n) is 3.85. The van der Waals surface area contributed by atoms with E-state index in [2.05, 4.69) is 48.3 Å². The van der Waals surface area contributed by atoms with Crippen LogP contribution in [0, 0.1) is 6.92 Å². The van der Waals surface area contributed by atoms with Crippen LogP contribution in [0.15, 0.2) is 24.3 Å². The monoisotopic (exact) mass is 336 g/mol. The van der Waals surface area contributed by atoms with E-state index in [4.69, 9.17) is 0 Å². The highest BCUT2D eigenvalue weighted by molar-refractivity contribution is 5.85. The number of benzene rings is 1. The molecule has 2 saturated heterocycles. The first-order valence-corrected chi connectivity index (χ1v) is 8.76. The van der Waals surface area contributed by atoms with Crippen LogP contribution in [0.2, 0.25) is 0 Å². The van der Waals surface area contributed by atoms with Gasteiger partial charge in [0.2, 0.25) is 5.91 Å². The second-order valence-electron chi connectivity index (χ2n) is 6.99. The zero-order chi connectivity index (χ0) is 15.5. The van der Waals surface area contributed by atoms with E-state index in [1.165, 1.54) is 24.0 Å². The number of halogens is 1. The van der Waals surface area contributed by atoms with Crippen LogP contribution >= 0.6 is 12.4 Å². The molecule has 2 aliphatic rings. The maximum atomic E-state index is 12.7. The molecular formula is C19H29ClN2O. The van der Waals surface area contributed by atoms with Crippen LogP contribution in [0.25, 0.3) is 0 Å². The quantitative estimate of drug-likeness (QED) is 0.910. The third-order valence-electron chi connectivity index (χ3n) is 5.34. The van der Waals surface area contributed by atoms with Gasteiger partial charge in [-0.25, -0.2) is 0 Å². The van der Waals surface area contributed by atoms with Crippen molar-refractivity contribution in [1.29, 1.82) is 0 Å². The van der Waals surface area contributed by atoms with Gasteiger partial charge in [-0.05, 0) is 44.1 Å². The molecule has 3 unspecified atom stereocenters. The summed E-state index contributed by atoms with van der Waals surface area (Å²) >= 11 is 0. The Morgan fingerprint density at radius 1 is 1.22 bits per heavy atom. The first-order chi connectivity index (χ1) is 10.7. The molecule has 1 aromatic rings. The molecule has 2 aliphatic heterocycles. The van der Waals surface area contributed by atoms with Gasteiger partial charge in [0.25, 0.3) is 0 Å². The van der Waals surface area contributed by atoms with E-state index in [1.54, 1.807) is 0 Å². The summed E-state index contributed by atoms with van der Waals surface area (Å²) in [6.45, 7) is 6.12. The summed E-state index contributed by atoms with van der Waals surface area (Å²) in [7, 11) is 0. The Balaban J connectivity index is 0.00000192. The fraction of sp³-hybridized carbons (Fsp3) is 0.632. The normalized spacial score (nSPS) is 24.7. The average Bonchev–Trinajstić information content (AvgIpc) is 2.84. The predicted molar refractivity (Wildman–Crippen MR) is 97.2 cm³/mol. The minimum Gasteiger partial charge on any atom is -0.341 e. The molecule has 23 heavy (non-hydrogen) atoms. The van der Waals surface area contributed by atoms with Crippen molar-refractivity contribution in [3.8, 4) is 0 Å². The molecular weight excluding hydrogens is 308 g/mol. The van der Waals surface area contributed by atoms with Gasteiger partial charge in [0.1, 0.15) is 0 Å². The standard InChI is InChI=1S/C19H28N2O.ClH/c1-3-15(16-6-4-14(2)5-7-16)12-19(22)21-11-10-17-8-9-18(13-21)20-17;/h4-7,15,17-18,20H,3,8-13H2,1-2H3;1H. The minimum atomic E-state index is 0. The van der Waals surface area contributed by atoms with E-state index in [0.717, 1.165) is 25.9 Å². The van der Waals surface area contributed by atoms with Gasteiger partial charge >= 0.3 is 0 Å². The Morgan fingerprint density at radius 2 is 1.91 bits per heavy atom. The summed E-state index contributed by atoms with van der Waals surface area (Å²) in [6, 6.07) is 9.83. The summed E-state index contributed by atoms with van der Waals surface area (Å²) < 4.78 is 0. The highest BCUT2D eigenvalue weighted by atomic mass is 35.5. The Labute approximate surface area is 146 Å². The van der Waals surface area contributed by atoms with E-state index in [0.29, 0.717) is 30.3 Å². The van der Waals surface area contributed by atoms with E-state index in [1.807, 2.05) is 0 Å². The number of rotatable bonds is 4. The lowest BCUT2D eigenvalue weighted by atomic mass is 9.92. The average molecular weight is 337 g/mol. The molecule has 0 radical (unpaired) electrons. The third kappa shape index (κ3) is 4.48. The Hall–Kier alpha value is -1.06. The van der Waals surface area contributed by atoms with Gasteiger partial charge in [-0.2, -0.15) is 0 Å². The number of fused-ring (bicyclic) bond motifs is 2. The van der Waals surface area contributed by atoms with E-state index < -0.39 is 0 Å². The Bertz CT molecular complexity index is 517. The number of carbonyl (C=O) groups is 1. The minimum absolute atomic E-state index is 0. The largest absolute Gasteiger partial charge is 0.341 e. The molecule has 1 amide bonds. The zero-order valence-corrected chi connectivity index (χ0v) is 15.1. The van der Waals surface area contributed by atoms with Gasteiger partial charge in [-0.15, -0.1) is 12.4 Å². The molecule has 0 saturated carbocycles. The fourth-order valence-corrected chi connectivity index (χ4v) is 3.85. The van der Waals surface area contributed by atoms with Gasteiger partial charge in [-0.1, -0.05) is 36.8 Å². The zero-order valence-electron chi connectivity index (χ0n) is 14.3. The molecule has 4 heteroatoms. The predicted octanol–water partition coefficient (Wildman–Crippen LogP) is 3.65. The molecule has 2 fully saturated rings. The lowest BCUT2D eigenvalue weighted by molar-refractivity contribution is -0.131. The van der Waals surface area contributed by atoms with Gasteiger partial charge in [0, 0.05) is 31.6 Å². The number of carbonyl (C=O) groups excluding carboxylic acids is 1. The number of hydrogen-bond donors (Lipinski definition) is 1. The van der Waals surface area contributed by atoms with Gasteiger partial charge in [-0.3, -0.25) is 4.79 Å². The molecule has 1 N–H and O–H groups in total. The molecule has 3 nitrogen and oxygen atoms in total. The third-order valence-corrected chi connectivity index (χ3v) is 5.34. The lowest BCUT2D eigenvalue weighted by Crippen LogP contribution is -2.39. The maximum absolute atomic E-state index is 12.7. The van der Waals surface area contributed by atoms with Crippen molar-refractivity contribution < 1.29 is 4.79 Å². The van der Waals surface area contributed by atoms with E-state index in [-0.39, 0.29) is 12.4 Å². The van der Waals surface area contributed by atoms with Gasteiger partial charge in [0.15, 0.2) is 0 Å². The van der Waals surface area contributed by atoms with E-state index in [9.17, 15) is 4.79 Å². The van der Waals surface area contributed by atoms with Gasteiger partial charge in [0.05, 0.1) is 0 Å². The SMILES string of the molecule is CCC(CC(=O)N1CCC2CCC(C1)N2)c1ccc(C)cc1.Cl. The van der Waals surface area contributed by atoms with Crippen molar-refractivity contribution >= 4 is 18.3 Å². The summed E-state index contributed by atoms with van der Waals surface area (Å²) in [5.41, 5.74) is 2.58. The molecule has 3 atom stereocenters. The van der Waals surface area contributed by atoms with Crippen molar-refractivity contribution in [2.75, 3.05) is 13.1 Å². The number of amides is 1. The van der Waals surface area contributed by atoms with Crippen molar-refractivity contribution in [3.63, 3.8) is 0 Å². The molecule has 2 bridgehead atoms. The molecule has 1 aromatic carbocycles. The molecule has 128 valence electrons. The summed E-state index contributed by atoms with van der Waals surface area (Å²) in [6.07, 6.45) is 5.30. The number of likely N-dealkylation sites (tertiary alicyclic amines) is 1. The highest BCUT2D eigenvalue weighted by Crippen LogP contribution is 2.26. The lowest BCUT2D eigenvalue weighted by Gasteiger charge is -2.26. The highest BCUT2D eigenvalue weighted by Gasteiger charge is 2.31.